The van der Waals surface area contributed by atoms with Crippen LogP contribution in [0.25, 0.3) is 0 Å². The van der Waals surface area contributed by atoms with E-state index < -0.39 is 0 Å². The summed E-state index contributed by atoms with van der Waals surface area (Å²) in [6.07, 6.45) is 7.17. The largest absolute Gasteiger partial charge is 0.379 e. The molecule has 6 rings (SSSR count). The molecule has 4 heteroatoms. The van der Waals surface area contributed by atoms with Gasteiger partial charge in [0.2, 0.25) is 5.91 Å². The second-order valence-electron chi connectivity index (χ2n) is 10.6. The third kappa shape index (κ3) is 3.53. The van der Waals surface area contributed by atoms with E-state index in [0.29, 0.717) is 11.9 Å². The van der Waals surface area contributed by atoms with E-state index in [0.717, 1.165) is 63.9 Å². The molecule has 0 spiro atoms. The van der Waals surface area contributed by atoms with Crippen molar-refractivity contribution in [1.29, 1.82) is 0 Å². The van der Waals surface area contributed by atoms with Crippen molar-refractivity contribution in [3.63, 3.8) is 0 Å². The Morgan fingerprint density at radius 2 is 1.79 bits per heavy atom. The van der Waals surface area contributed by atoms with Crippen molar-refractivity contribution in [2.24, 2.45) is 17.3 Å². The zero-order valence-electron chi connectivity index (χ0n) is 18.1. The van der Waals surface area contributed by atoms with Crippen LogP contribution in [0.15, 0.2) is 24.3 Å². The first-order valence-electron chi connectivity index (χ1n) is 11.7. The standard InChI is InChI=1S/C25H36N2O2/c1-18-3-5-22(6-4-18)24-12-20-11-21(13-24)15-25(14-20,17-24)23(28)26-16-19(2)27-7-9-29-10-8-27/h3-6,19-21H,7-17H2,1-2H3,(H,26,28). The van der Waals surface area contributed by atoms with Gasteiger partial charge in [-0.15, -0.1) is 0 Å². The zero-order chi connectivity index (χ0) is 20.1. The number of carbonyl (C=O) groups excluding carboxylic acids is 1. The third-order valence-corrected chi connectivity index (χ3v) is 8.43. The minimum atomic E-state index is -0.139. The van der Waals surface area contributed by atoms with Gasteiger partial charge in [0.15, 0.2) is 0 Å². The Morgan fingerprint density at radius 1 is 1.14 bits per heavy atom. The second kappa shape index (κ2) is 7.39. The van der Waals surface area contributed by atoms with Crippen molar-refractivity contribution in [3.8, 4) is 0 Å². The van der Waals surface area contributed by atoms with Crippen molar-refractivity contribution in [1.82, 2.24) is 10.2 Å². The molecule has 1 aromatic carbocycles. The topological polar surface area (TPSA) is 41.6 Å². The summed E-state index contributed by atoms with van der Waals surface area (Å²) < 4.78 is 5.47. The monoisotopic (exact) mass is 396 g/mol. The molecule has 4 bridgehead atoms. The summed E-state index contributed by atoms with van der Waals surface area (Å²) in [7, 11) is 0. The molecule has 1 aliphatic heterocycles. The highest BCUT2D eigenvalue weighted by Gasteiger charge is 2.60. The molecule has 5 fully saturated rings. The van der Waals surface area contributed by atoms with Crippen molar-refractivity contribution < 1.29 is 9.53 Å². The fourth-order valence-electron chi connectivity index (χ4n) is 7.35. The van der Waals surface area contributed by atoms with Crippen LogP contribution in [-0.2, 0) is 14.9 Å². The van der Waals surface area contributed by atoms with Crippen LogP contribution in [0.3, 0.4) is 0 Å². The highest BCUT2D eigenvalue weighted by molar-refractivity contribution is 5.83. The fraction of sp³-hybridized carbons (Fsp3) is 0.720. The second-order valence-corrected chi connectivity index (χ2v) is 10.6. The van der Waals surface area contributed by atoms with Crippen molar-refractivity contribution in [3.05, 3.63) is 35.4 Å². The molecule has 4 nitrogen and oxygen atoms in total. The molecule has 1 N–H and O–H groups in total. The quantitative estimate of drug-likeness (QED) is 0.826. The number of hydrogen-bond acceptors (Lipinski definition) is 3. The van der Waals surface area contributed by atoms with Gasteiger partial charge in [0, 0.05) is 25.7 Å². The molecule has 29 heavy (non-hydrogen) atoms. The molecule has 4 saturated carbocycles. The number of nitrogens with one attached hydrogen (secondary N) is 1. The summed E-state index contributed by atoms with van der Waals surface area (Å²) in [4.78, 5) is 16.0. The molecule has 1 saturated heterocycles. The van der Waals surface area contributed by atoms with Crippen LogP contribution in [-0.4, -0.2) is 49.7 Å². The van der Waals surface area contributed by atoms with Crippen LogP contribution in [0.1, 0.15) is 56.6 Å². The van der Waals surface area contributed by atoms with Crippen molar-refractivity contribution >= 4 is 5.91 Å². The van der Waals surface area contributed by atoms with Gasteiger partial charge in [0.05, 0.1) is 18.6 Å². The first kappa shape index (κ1) is 19.6. The SMILES string of the molecule is Cc1ccc(C23CC4CC(CC(C(=O)NCC(C)N5CCOCC5)(C4)C2)C3)cc1. The lowest BCUT2D eigenvalue weighted by atomic mass is 9.42. The summed E-state index contributed by atoms with van der Waals surface area (Å²) >= 11 is 0. The van der Waals surface area contributed by atoms with Gasteiger partial charge in [-0.2, -0.15) is 0 Å². The molecule has 0 aromatic heterocycles. The van der Waals surface area contributed by atoms with Gasteiger partial charge >= 0.3 is 0 Å². The van der Waals surface area contributed by atoms with E-state index >= 15 is 0 Å². The van der Waals surface area contributed by atoms with Crippen molar-refractivity contribution in [2.45, 2.75) is 63.8 Å². The first-order chi connectivity index (χ1) is 14.0. The Labute approximate surface area is 175 Å². The van der Waals surface area contributed by atoms with Crippen LogP contribution in [0.2, 0.25) is 0 Å². The van der Waals surface area contributed by atoms with Gasteiger partial charge in [-0.05, 0) is 75.2 Å². The van der Waals surface area contributed by atoms with E-state index in [9.17, 15) is 4.79 Å². The fourth-order valence-corrected chi connectivity index (χ4v) is 7.35. The predicted molar refractivity (Wildman–Crippen MR) is 115 cm³/mol. The summed E-state index contributed by atoms with van der Waals surface area (Å²) in [5, 5.41) is 3.39. The van der Waals surface area contributed by atoms with Crippen LogP contribution >= 0.6 is 0 Å². The lowest BCUT2D eigenvalue weighted by Gasteiger charge is -2.61. The van der Waals surface area contributed by atoms with Crippen LogP contribution in [0.5, 0.6) is 0 Å². The van der Waals surface area contributed by atoms with Crippen LogP contribution in [0, 0.1) is 24.2 Å². The van der Waals surface area contributed by atoms with Gasteiger partial charge < -0.3 is 10.1 Å². The summed E-state index contributed by atoms with van der Waals surface area (Å²) in [6.45, 7) is 8.72. The van der Waals surface area contributed by atoms with E-state index in [4.69, 9.17) is 4.74 Å². The number of morpholine rings is 1. The number of benzene rings is 1. The molecule has 3 atom stereocenters. The smallest absolute Gasteiger partial charge is 0.226 e. The molecule has 3 unspecified atom stereocenters. The van der Waals surface area contributed by atoms with E-state index in [-0.39, 0.29) is 10.8 Å². The Balaban J connectivity index is 1.31. The average molecular weight is 397 g/mol. The zero-order valence-corrected chi connectivity index (χ0v) is 18.1. The summed E-state index contributed by atoms with van der Waals surface area (Å²) in [6, 6.07) is 9.57. The van der Waals surface area contributed by atoms with Crippen LogP contribution in [0.4, 0.5) is 0 Å². The lowest BCUT2D eigenvalue weighted by molar-refractivity contribution is -0.149. The molecule has 1 heterocycles. The first-order valence-corrected chi connectivity index (χ1v) is 11.7. The number of amides is 1. The van der Waals surface area contributed by atoms with Gasteiger partial charge in [-0.3, -0.25) is 9.69 Å². The average Bonchev–Trinajstić information content (AvgIpc) is 2.72. The summed E-state index contributed by atoms with van der Waals surface area (Å²) in [5.41, 5.74) is 2.89. The molecular weight excluding hydrogens is 360 g/mol. The minimum Gasteiger partial charge on any atom is -0.379 e. The lowest BCUT2D eigenvalue weighted by Crippen LogP contribution is -2.60. The Morgan fingerprint density at radius 3 is 2.45 bits per heavy atom. The van der Waals surface area contributed by atoms with Crippen LogP contribution < -0.4 is 5.32 Å². The van der Waals surface area contributed by atoms with E-state index in [1.165, 1.54) is 30.4 Å². The van der Waals surface area contributed by atoms with Gasteiger partial charge in [0.25, 0.3) is 0 Å². The maximum absolute atomic E-state index is 13.6. The molecule has 0 radical (unpaired) electrons. The molecule has 4 aliphatic carbocycles. The maximum atomic E-state index is 13.6. The Hall–Kier alpha value is -1.39. The number of hydrogen-bond donors (Lipinski definition) is 1. The highest BCUT2D eigenvalue weighted by Crippen LogP contribution is 2.65. The highest BCUT2D eigenvalue weighted by atomic mass is 16.5. The minimum absolute atomic E-state index is 0.139. The van der Waals surface area contributed by atoms with Gasteiger partial charge in [-0.1, -0.05) is 29.8 Å². The normalized spacial score (nSPS) is 37.4. The molecule has 1 aromatic rings. The number of carbonyl (C=O) groups is 1. The molecular formula is C25H36N2O2. The van der Waals surface area contributed by atoms with Gasteiger partial charge in [-0.25, -0.2) is 0 Å². The molecule has 5 aliphatic rings. The van der Waals surface area contributed by atoms with Crippen molar-refractivity contribution in [2.75, 3.05) is 32.8 Å². The molecule has 158 valence electrons. The third-order valence-electron chi connectivity index (χ3n) is 8.43. The van der Waals surface area contributed by atoms with E-state index in [2.05, 4.69) is 48.3 Å². The number of ether oxygens (including phenoxy) is 1. The summed E-state index contributed by atoms with van der Waals surface area (Å²) in [5.74, 6) is 1.78. The Bertz CT molecular complexity index is 739. The number of rotatable bonds is 5. The maximum Gasteiger partial charge on any atom is 0.226 e. The number of nitrogens with zero attached hydrogens (tertiary/aromatic N) is 1. The Kier molecular flexibility index (Phi) is 4.98. The predicted octanol–water partition coefficient (Wildman–Crippen LogP) is 3.67. The molecule has 1 amide bonds. The van der Waals surface area contributed by atoms with Gasteiger partial charge in [0.1, 0.15) is 0 Å². The van der Waals surface area contributed by atoms with E-state index in [1.807, 2.05) is 0 Å². The number of aryl methyl sites for hydroxylation is 1. The van der Waals surface area contributed by atoms with E-state index in [1.54, 1.807) is 0 Å².